The van der Waals surface area contributed by atoms with Gasteiger partial charge in [0.1, 0.15) is 15.7 Å². The third-order valence-electron chi connectivity index (χ3n) is 3.63. The van der Waals surface area contributed by atoms with Gasteiger partial charge in [-0.1, -0.05) is 6.07 Å². The molecule has 0 aliphatic carbocycles. The summed E-state index contributed by atoms with van der Waals surface area (Å²) < 4.78 is 22.3. The number of sulfone groups is 1. The van der Waals surface area contributed by atoms with Gasteiger partial charge in [0.05, 0.1) is 5.75 Å². The molecule has 0 spiro atoms. The Bertz CT molecular complexity index is 528. The van der Waals surface area contributed by atoms with E-state index in [1.165, 1.54) is 6.26 Å². The third-order valence-corrected chi connectivity index (χ3v) is 4.56. The molecular formula is C14H23N3O2S. The maximum atomic E-state index is 11.2. The summed E-state index contributed by atoms with van der Waals surface area (Å²) in [5.74, 6) is 1.73. The smallest absolute Gasteiger partial charge is 0.148 e. The predicted molar refractivity (Wildman–Crippen MR) is 81.7 cm³/mol. The second-order valence-corrected chi connectivity index (χ2v) is 7.95. The van der Waals surface area contributed by atoms with Gasteiger partial charge in [-0.3, -0.25) is 0 Å². The van der Waals surface area contributed by atoms with Crippen molar-refractivity contribution in [3.05, 3.63) is 23.9 Å². The Hall–Kier alpha value is -1.14. The standard InChI is InChI=1S/C14H23N3O2S/c1-12-3-4-14(15-9-12)16-10-13-5-6-17(11-13)7-8-20(2,18)19/h3-4,9,13H,5-8,10-11H2,1-2H3,(H,15,16). The second-order valence-electron chi connectivity index (χ2n) is 5.69. The van der Waals surface area contributed by atoms with Crippen molar-refractivity contribution in [1.82, 2.24) is 9.88 Å². The normalized spacial score (nSPS) is 20.2. The highest BCUT2D eigenvalue weighted by Gasteiger charge is 2.22. The summed E-state index contributed by atoms with van der Waals surface area (Å²) in [6.07, 6.45) is 4.27. The fourth-order valence-corrected chi connectivity index (χ4v) is 2.99. The Kier molecular flexibility index (Phi) is 4.99. The Labute approximate surface area is 121 Å². The summed E-state index contributed by atoms with van der Waals surface area (Å²) in [5, 5.41) is 3.35. The molecule has 20 heavy (non-hydrogen) atoms. The molecule has 1 aromatic rings. The lowest BCUT2D eigenvalue weighted by Crippen LogP contribution is -2.28. The zero-order valence-electron chi connectivity index (χ0n) is 12.2. The van der Waals surface area contributed by atoms with Crippen molar-refractivity contribution in [1.29, 1.82) is 0 Å². The molecule has 2 rings (SSSR count). The summed E-state index contributed by atoms with van der Waals surface area (Å²) in [6.45, 7) is 5.52. The molecule has 0 saturated carbocycles. The monoisotopic (exact) mass is 297 g/mol. The molecule has 0 aromatic carbocycles. The number of hydrogen-bond donors (Lipinski definition) is 1. The minimum atomic E-state index is -2.86. The van der Waals surface area contributed by atoms with Crippen LogP contribution in [-0.4, -0.2) is 56.5 Å². The summed E-state index contributed by atoms with van der Waals surface area (Å²) >= 11 is 0. The van der Waals surface area contributed by atoms with Gasteiger partial charge < -0.3 is 10.2 Å². The Morgan fingerprint density at radius 2 is 2.25 bits per heavy atom. The molecule has 1 unspecified atom stereocenters. The van der Waals surface area contributed by atoms with Gasteiger partial charge in [0.2, 0.25) is 0 Å². The van der Waals surface area contributed by atoms with E-state index in [1.54, 1.807) is 0 Å². The predicted octanol–water partition coefficient (Wildman–Crippen LogP) is 1.17. The first kappa shape index (κ1) is 15.3. The fourth-order valence-electron chi connectivity index (χ4n) is 2.40. The topological polar surface area (TPSA) is 62.3 Å². The van der Waals surface area contributed by atoms with Crippen LogP contribution in [0.15, 0.2) is 18.3 Å². The van der Waals surface area contributed by atoms with Crippen LogP contribution < -0.4 is 5.32 Å². The molecule has 1 aliphatic rings. The number of anilines is 1. The quantitative estimate of drug-likeness (QED) is 0.854. The van der Waals surface area contributed by atoms with E-state index in [0.29, 0.717) is 12.5 Å². The summed E-state index contributed by atoms with van der Waals surface area (Å²) in [5.41, 5.74) is 1.16. The zero-order valence-corrected chi connectivity index (χ0v) is 13.0. The minimum Gasteiger partial charge on any atom is -0.370 e. The highest BCUT2D eigenvalue weighted by Crippen LogP contribution is 2.16. The highest BCUT2D eigenvalue weighted by atomic mass is 32.2. The number of aromatic nitrogens is 1. The molecule has 1 atom stereocenters. The van der Waals surface area contributed by atoms with Crippen LogP contribution in [0.4, 0.5) is 5.82 Å². The largest absolute Gasteiger partial charge is 0.370 e. The Morgan fingerprint density at radius 1 is 1.45 bits per heavy atom. The van der Waals surface area contributed by atoms with E-state index in [2.05, 4.69) is 15.2 Å². The Morgan fingerprint density at radius 3 is 2.90 bits per heavy atom. The van der Waals surface area contributed by atoms with Crippen LogP contribution >= 0.6 is 0 Å². The lowest BCUT2D eigenvalue weighted by molar-refractivity contribution is 0.345. The summed E-state index contributed by atoms with van der Waals surface area (Å²) in [7, 11) is -2.86. The lowest BCUT2D eigenvalue weighted by Gasteiger charge is -2.15. The van der Waals surface area contributed by atoms with Crippen molar-refractivity contribution in [3.8, 4) is 0 Å². The first-order valence-electron chi connectivity index (χ1n) is 6.99. The van der Waals surface area contributed by atoms with Gasteiger partial charge in [-0.25, -0.2) is 13.4 Å². The summed E-state index contributed by atoms with van der Waals surface area (Å²) in [4.78, 5) is 6.55. The molecule has 5 nitrogen and oxygen atoms in total. The van der Waals surface area contributed by atoms with Crippen LogP contribution in [0.1, 0.15) is 12.0 Å². The van der Waals surface area contributed by atoms with E-state index in [9.17, 15) is 8.42 Å². The SMILES string of the molecule is Cc1ccc(NCC2CCN(CCS(C)(=O)=O)C2)nc1. The van der Waals surface area contributed by atoms with Gasteiger partial charge in [0, 0.05) is 32.1 Å². The van der Waals surface area contributed by atoms with Crippen LogP contribution in [0, 0.1) is 12.8 Å². The molecule has 1 aromatic heterocycles. The molecule has 0 bridgehead atoms. The number of rotatable bonds is 6. The van der Waals surface area contributed by atoms with Crippen LogP contribution in [-0.2, 0) is 9.84 Å². The average Bonchev–Trinajstić information content (AvgIpc) is 2.83. The van der Waals surface area contributed by atoms with Gasteiger partial charge in [-0.15, -0.1) is 0 Å². The van der Waals surface area contributed by atoms with Crippen molar-refractivity contribution in [2.24, 2.45) is 5.92 Å². The zero-order chi connectivity index (χ0) is 14.6. The number of nitrogens with zero attached hydrogens (tertiary/aromatic N) is 2. The molecule has 1 fully saturated rings. The molecule has 1 saturated heterocycles. The number of nitrogens with one attached hydrogen (secondary N) is 1. The maximum absolute atomic E-state index is 11.2. The second kappa shape index (κ2) is 6.54. The third kappa shape index (κ3) is 5.09. The fraction of sp³-hybridized carbons (Fsp3) is 0.643. The molecule has 6 heteroatoms. The van der Waals surface area contributed by atoms with Gasteiger partial charge >= 0.3 is 0 Å². The molecular weight excluding hydrogens is 274 g/mol. The average molecular weight is 297 g/mol. The molecule has 0 amide bonds. The van der Waals surface area contributed by atoms with Crippen molar-refractivity contribution in [2.75, 3.05) is 43.5 Å². The number of pyridine rings is 1. The van der Waals surface area contributed by atoms with Gasteiger partial charge in [-0.2, -0.15) is 0 Å². The van der Waals surface area contributed by atoms with Crippen LogP contribution in [0.25, 0.3) is 0 Å². The first-order valence-corrected chi connectivity index (χ1v) is 9.05. The Balaban J connectivity index is 1.72. The number of likely N-dealkylation sites (tertiary alicyclic amines) is 1. The highest BCUT2D eigenvalue weighted by molar-refractivity contribution is 7.90. The molecule has 1 N–H and O–H groups in total. The van der Waals surface area contributed by atoms with E-state index in [4.69, 9.17) is 0 Å². The lowest BCUT2D eigenvalue weighted by atomic mass is 10.1. The molecule has 112 valence electrons. The molecule has 0 radical (unpaired) electrons. The van der Waals surface area contributed by atoms with Gasteiger partial charge in [-0.05, 0) is 37.4 Å². The van der Waals surface area contributed by atoms with E-state index in [-0.39, 0.29) is 5.75 Å². The van der Waals surface area contributed by atoms with E-state index < -0.39 is 9.84 Å². The van der Waals surface area contributed by atoms with Crippen molar-refractivity contribution < 1.29 is 8.42 Å². The van der Waals surface area contributed by atoms with Crippen LogP contribution in [0.5, 0.6) is 0 Å². The van der Waals surface area contributed by atoms with E-state index in [0.717, 1.165) is 37.4 Å². The van der Waals surface area contributed by atoms with Crippen LogP contribution in [0.2, 0.25) is 0 Å². The first-order chi connectivity index (χ1) is 9.42. The van der Waals surface area contributed by atoms with Crippen molar-refractivity contribution in [2.45, 2.75) is 13.3 Å². The molecule has 2 heterocycles. The summed E-state index contributed by atoms with van der Waals surface area (Å²) in [6, 6.07) is 4.04. The maximum Gasteiger partial charge on any atom is 0.148 e. The van der Waals surface area contributed by atoms with E-state index in [1.807, 2.05) is 25.3 Å². The van der Waals surface area contributed by atoms with Gasteiger partial charge in [0.15, 0.2) is 0 Å². The molecule has 1 aliphatic heterocycles. The number of hydrogen-bond acceptors (Lipinski definition) is 5. The van der Waals surface area contributed by atoms with Gasteiger partial charge in [0.25, 0.3) is 0 Å². The van der Waals surface area contributed by atoms with Crippen LogP contribution in [0.3, 0.4) is 0 Å². The van der Waals surface area contributed by atoms with Crippen molar-refractivity contribution >= 4 is 15.7 Å². The number of aryl methyl sites for hydroxylation is 1. The van der Waals surface area contributed by atoms with E-state index >= 15 is 0 Å². The van der Waals surface area contributed by atoms with Crippen molar-refractivity contribution in [3.63, 3.8) is 0 Å². The minimum absolute atomic E-state index is 0.257.